The highest BCUT2D eigenvalue weighted by molar-refractivity contribution is 7.99. The van der Waals surface area contributed by atoms with Gasteiger partial charge in [-0.2, -0.15) is 0 Å². The Bertz CT molecular complexity index is 500. The predicted molar refractivity (Wildman–Crippen MR) is 71.7 cm³/mol. The molecule has 0 saturated carbocycles. The first-order chi connectivity index (χ1) is 8.78. The van der Waals surface area contributed by atoms with Crippen LogP contribution in [0.3, 0.4) is 0 Å². The number of aromatic nitrogens is 4. The van der Waals surface area contributed by atoms with E-state index in [1.54, 1.807) is 18.6 Å². The number of hydrogen-bond acceptors (Lipinski definition) is 6. The van der Waals surface area contributed by atoms with Crippen molar-refractivity contribution in [1.29, 1.82) is 0 Å². The Hall–Kier alpha value is -1.69. The van der Waals surface area contributed by atoms with E-state index in [1.807, 2.05) is 13.0 Å². The van der Waals surface area contributed by atoms with Crippen LogP contribution in [0.1, 0.15) is 18.9 Å². The summed E-state index contributed by atoms with van der Waals surface area (Å²) < 4.78 is 0. The van der Waals surface area contributed by atoms with Gasteiger partial charge in [0.2, 0.25) is 5.95 Å². The summed E-state index contributed by atoms with van der Waals surface area (Å²) in [6, 6.07) is 1.85. The average Bonchev–Trinajstić information content (AvgIpc) is 2.40. The van der Waals surface area contributed by atoms with Gasteiger partial charge >= 0.3 is 0 Å². The third-order valence-corrected chi connectivity index (χ3v) is 2.95. The van der Waals surface area contributed by atoms with Crippen molar-refractivity contribution in [3.8, 4) is 0 Å². The summed E-state index contributed by atoms with van der Waals surface area (Å²) in [5, 5.41) is 4.69. The fourth-order valence-electron chi connectivity index (χ4n) is 1.25. The molecule has 2 aromatic heterocycles. The van der Waals surface area contributed by atoms with Gasteiger partial charge < -0.3 is 5.32 Å². The Labute approximate surface area is 110 Å². The molecule has 0 aromatic carbocycles. The van der Waals surface area contributed by atoms with E-state index in [4.69, 9.17) is 0 Å². The largest absolute Gasteiger partial charge is 0.354 e. The van der Waals surface area contributed by atoms with Crippen LogP contribution in [0.4, 0.5) is 5.95 Å². The first-order valence-electron chi connectivity index (χ1n) is 5.81. The summed E-state index contributed by atoms with van der Waals surface area (Å²) in [5.41, 5.74) is 1.05. The zero-order chi connectivity index (χ0) is 12.8. The number of nitrogens with zero attached hydrogens (tertiary/aromatic N) is 4. The van der Waals surface area contributed by atoms with Crippen molar-refractivity contribution in [3.63, 3.8) is 0 Å². The summed E-state index contributed by atoms with van der Waals surface area (Å²) in [5.74, 6) is 0.647. The fourth-order valence-corrected chi connectivity index (χ4v) is 1.91. The lowest BCUT2D eigenvalue weighted by molar-refractivity contribution is 0.924. The Kier molecular flexibility index (Phi) is 4.46. The van der Waals surface area contributed by atoms with Crippen molar-refractivity contribution < 1.29 is 0 Å². The molecule has 0 spiro atoms. The van der Waals surface area contributed by atoms with Gasteiger partial charge in [-0.3, -0.25) is 0 Å². The van der Waals surface area contributed by atoms with E-state index in [9.17, 15) is 0 Å². The second-order valence-corrected chi connectivity index (χ2v) is 4.78. The molecule has 0 saturated heterocycles. The van der Waals surface area contributed by atoms with Crippen molar-refractivity contribution in [2.75, 3.05) is 11.9 Å². The van der Waals surface area contributed by atoms with E-state index in [0.717, 1.165) is 23.6 Å². The van der Waals surface area contributed by atoms with Crippen LogP contribution in [0.25, 0.3) is 0 Å². The molecular formula is C12H15N5S. The van der Waals surface area contributed by atoms with Crippen molar-refractivity contribution in [2.24, 2.45) is 0 Å². The van der Waals surface area contributed by atoms with Crippen LogP contribution in [-0.4, -0.2) is 26.5 Å². The van der Waals surface area contributed by atoms with Gasteiger partial charge in [-0.1, -0.05) is 6.92 Å². The lowest BCUT2D eigenvalue weighted by Gasteiger charge is -2.04. The van der Waals surface area contributed by atoms with Crippen molar-refractivity contribution >= 4 is 17.7 Å². The topological polar surface area (TPSA) is 63.6 Å². The van der Waals surface area contributed by atoms with Crippen molar-refractivity contribution in [1.82, 2.24) is 19.9 Å². The van der Waals surface area contributed by atoms with Gasteiger partial charge in [0, 0.05) is 25.1 Å². The molecule has 18 heavy (non-hydrogen) atoms. The van der Waals surface area contributed by atoms with Gasteiger partial charge in [-0.25, -0.2) is 19.9 Å². The van der Waals surface area contributed by atoms with Gasteiger partial charge in [0.15, 0.2) is 5.16 Å². The molecule has 0 atom stereocenters. The summed E-state index contributed by atoms with van der Waals surface area (Å²) in [4.78, 5) is 17.0. The smallest absolute Gasteiger partial charge is 0.223 e. The Balaban J connectivity index is 2.06. The average molecular weight is 261 g/mol. The molecule has 0 radical (unpaired) electrons. The molecule has 2 rings (SSSR count). The van der Waals surface area contributed by atoms with Gasteiger partial charge in [0.25, 0.3) is 0 Å². The predicted octanol–water partition coefficient (Wildman–Crippen LogP) is 2.55. The normalized spacial score (nSPS) is 10.3. The summed E-state index contributed by atoms with van der Waals surface area (Å²) >= 11 is 1.43. The standard InChI is InChI=1S/C12H15N5S/c1-3-5-13-11-14-6-4-10(17-11)18-12-15-7-9(2)8-16-12/h4,6-8H,3,5H2,1-2H3,(H,13,14,17). The molecular weight excluding hydrogens is 246 g/mol. The third kappa shape index (κ3) is 3.66. The van der Waals surface area contributed by atoms with E-state index in [1.165, 1.54) is 11.8 Å². The van der Waals surface area contributed by atoms with Gasteiger partial charge in [0.05, 0.1) is 0 Å². The Morgan fingerprint density at radius 2 is 2.00 bits per heavy atom. The van der Waals surface area contributed by atoms with Crippen LogP contribution >= 0.6 is 11.8 Å². The quantitative estimate of drug-likeness (QED) is 0.659. The first-order valence-corrected chi connectivity index (χ1v) is 6.63. The van der Waals surface area contributed by atoms with Crippen LogP contribution in [0.5, 0.6) is 0 Å². The molecule has 2 heterocycles. The highest BCUT2D eigenvalue weighted by atomic mass is 32.2. The summed E-state index contributed by atoms with van der Waals surface area (Å²) in [7, 11) is 0. The monoisotopic (exact) mass is 261 g/mol. The van der Waals surface area contributed by atoms with Gasteiger partial charge in [-0.15, -0.1) is 0 Å². The molecule has 0 aliphatic rings. The molecule has 6 heteroatoms. The van der Waals surface area contributed by atoms with Crippen LogP contribution in [0.2, 0.25) is 0 Å². The van der Waals surface area contributed by atoms with E-state index < -0.39 is 0 Å². The second-order valence-electron chi connectivity index (χ2n) is 3.79. The van der Waals surface area contributed by atoms with Crippen LogP contribution in [-0.2, 0) is 0 Å². The van der Waals surface area contributed by atoms with Gasteiger partial charge in [-0.05, 0) is 36.7 Å². The van der Waals surface area contributed by atoms with Crippen LogP contribution in [0.15, 0.2) is 34.8 Å². The third-order valence-electron chi connectivity index (χ3n) is 2.12. The molecule has 1 N–H and O–H groups in total. The number of aryl methyl sites for hydroxylation is 1. The zero-order valence-electron chi connectivity index (χ0n) is 10.4. The maximum absolute atomic E-state index is 4.39. The number of hydrogen-bond donors (Lipinski definition) is 1. The first kappa shape index (κ1) is 12.8. The zero-order valence-corrected chi connectivity index (χ0v) is 11.2. The minimum absolute atomic E-state index is 0.647. The van der Waals surface area contributed by atoms with Crippen LogP contribution in [0, 0.1) is 6.92 Å². The molecule has 5 nitrogen and oxygen atoms in total. The minimum atomic E-state index is 0.647. The summed E-state index contributed by atoms with van der Waals surface area (Å²) in [6.07, 6.45) is 6.38. The molecule has 0 bridgehead atoms. The van der Waals surface area contributed by atoms with E-state index >= 15 is 0 Å². The number of nitrogens with one attached hydrogen (secondary N) is 1. The molecule has 2 aromatic rings. The highest BCUT2D eigenvalue weighted by Crippen LogP contribution is 2.22. The maximum Gasteiger partial charge on any atom is 0.223 e. The SMILES string of the molecule is CCCNc1nccc(Sc2ncc(C)cn2)n1. The summed E-state index contributed by atoms with van der Waals surface area (Å²) in [6.45, 7) is 4.94. The molecule has 0 unspecified atom stereocenters. The van der Waals surface area contributed by atoms with Gasteiger partial charge in [0.1, 0.15) is 5.03 Å². The van der Waals surface area contributed by atoms with Crippen molar-refractivity contribution in [3.05, 3.63) is 30.2 Å². The Morgan fingerprint density at radius 1 is 1.22 bits per heavy atom. The van der Waals surface area contributed by atoms with Crippen molar-refractivity contribution in [2.45, 2.75) is 30.5 Å². The van der Waals surface area contributed by atoms with E-state index in [-0.39, 0.29) is 0 Å². The number of anilines is 1. The second kappa shape index (κ2) is 6.30. The maximum atomic E-state index is 4.39. The number of rotatable bonds is 5. The lowest BCUT2D eigenvalue weighted by Crippen LogP contribution is -2.04. The Morgan fingerprint density at radius 3 is 2.72 bits per heavy atom. The van der Waals surface area contributed by atoms with E-state index in [2.05, 4.69) is 32.2 Å². The molecule has 0 fully saturated rings. The lowest BCUT2D eigenvalue weighted by atomic mass is 10.4. The fraction of sp³-hybridized carbons (Fsp3) is 0.333. The molecule has 0 aliphatic carbocycles. The molecule has 0 amide bonds. The van der Waals surface area contributed by atoms with Crippen LogP contribution < -0.4 is 5.32 Å². The minimum Gasteiger partial charge on any atom is -0.354 e. The molecule has 0 aliphatic heterocycles. The highest BCUT2D eigenvalue weighted by Gasteiger charge is 2.03. The van der Waals surface area contributed by atoms with E-state index in [0.29, 0.717) is 11.1 Å². The molecule has 94 valence electrons.